The van der Waals surface area contributed by atoms with Gasteiger partial charge in [0, 0.05) is 12.0 Å². The molecule has 1 aromatic heterocycles. The molecule has 1 fully saturated rings. The third kappa shape index (κ3) is 3.10. The second-order valence-electron chi connectivity index (χ2n) is 6.76. The van der Waals surface area contributed by atoms with Crippen molar-refractivity contribution in [2.75, 3.05) is 17.3 Å². The third-order valence-corrected chi connectivity index (χ3v) is 5.41. The monoisotopic (exact) mass is 365 g/mol. The first-order valence-corrected chi connectivity index (χ1v) is 8.98. The Hall–Kier alpha value is -1.73. The number of anilines is 1. The number of nitrogens with two attached hydrogens (primary N) is 1. The van der Waals surface area contributed by atoms with Crippen molar-refractivity contribution in [2.45, 2.75) is 43.0 Å². The van der Waals surface area contributed by atoms with Gasteiger partial charge in [0.2, 0.25) is 11.1 Å². The van der Waals surface area contributed by atoms with Crippen LogP contribution in [0.3, 0.4) is 0 Å². The molecule has 2 heterocycles. The lowest BCUT2D eigenvalue weighted by Gasteiger charge is -2.18. The van der Waals surface area contributed by atoms with Gasteiger partial charge in [0.05, 0.1) is 16.0 Å². The summed E-state index contributed by atoms with van der Waals surface area (Å²) in [6, 6.07) is 7.37. The maximum Gasteiger partial charge on any atom is 0.240 e. The average molecular weight is 366 g/mol. The van der Waals surface area contributed by atoms with Crippen molar-refractivity contribution < 1.29 is 4.79 Å². The number of halogens is 1. The lowest BCUT2D eigenvalue weighted by molar-refractivity contribution is -0.116. The van der Waals surface area contributed by atoms with Crippen LogP contribution in [0.25, 0.3) is 0 Å². The van der Waals surface area contributed by atoms with E-state index >= 15 is 0 Å². The minimum atomic E-state index is -0.236. The quantitative estimate of drug-likeness (QED) is 0.846. The minimum Gasteiger partial charge on any atom is -0.336 e. The van der Waals surface area contributed by atoms with Crippen LogP contribution in [-0.2, 0) is 10.2 Å². The lowest BCUT2D eigenvalue weighted by Crippen LogP contribution is -2.29. The molecular weight excluding hydrogens is 346 g/mol. The van der Waals surface area contributed by atoms with Gasteiger partial charge in [-0.3, -0.25) is 4.79 Å². The number of benzene rings is 1. The van der Waals surface area contributed by atoms with Crippen molar-refractivity contribution >= 4 is 35.0 Å². The minimum absolute atomic E-state index is 0.0217. The van der Waals surface area contributed by atoms with Crippen molar-refractivity contribution in [3.63, 3.8) is 0 Å². The third-order valence-electron chi connectivity index (χ3n) is 3.88. The Morgan fingerprint density at radius 2 is 2.00 bits per heavy atom. The fourth-order valence-corrected chi connectivity index (χ4v) is 3.90. The molecule has 1 aromatic carbocycles. The summed E-state index contributed by atoms with van der Waals surface area (Å²) in [5, 5.41) is 9.21. The molecule has 1 aliphatic rings. The molecule has 1 saturated heterocycles. The molecule has 0 saturated carbocycles. The van der Waals surface area contributed by atoms with Crippen LogP contribution in [0.2, 0.25) is 5.02 Å². The Kier molecular flexibility index (Phi) is 4.48. The molecule has 2 aromatic rings. The van der Waals surface area contributed by atoms with Gasteiger partial charge >= 0.3 is 0 Å². The standard InChI is InChI=1S/C16H20ClN5OS/c1-16(2,3)14-19-20-15(22(14)18)24-12-8-9-21(13(12)23)11-7-5-4-6-10(11)17/h4-7,12H,8-9,18H2,1-3H3. The van der Waals surface area contributed by atoms with Gasteiger partial charge in [0.1, 0.15) is 0 Å². The van der Waals surface area contributed by atoms with Crippen LogP contribution in [-0.4, -0.2) is 32.6 Å². The molecule has 2 N–H and O–H groups in total. The zero-order valence-corrected chi connectivity index (χ0v) is 15.4. The van der Waals surface area contributed by atoms with Crippen molar-refractivity contribution in [2.24, 2.45) is 0 Å². The highest BCUT2D eigenvalue weighted by Crippen LogP contribution is 2.35. The first-order chi connectivity index (χ1) is 11.3. The normalized spacial score (nSPS) is 18.4. The summed E-state index contributed by atoms with van der Waals surface area (Å²) in [4.78, 5) is 14.4. The Balaban J connectivity index is 1.78. The molecule has 24 heavy (non-hydrogen) atoms. The van der Waals surface area contributed by atoms with Crippen molar-refractivity contribution in [1.82, 2.24) is 14.9 Å². The van der Waals surface area contributed by atoms with Crippen LogP contribution in [0.5, 0.6) is 0 Å². The number of aromatic nitrogens is 3. The van der Waals surface area contributed by atoms with Crippen LogP contribution in [0.4, 0.5) is 5.69 Å². The van der Waals surface area contributed by atoms with Gasteiger partial charge in [-0.25, -0.2) is 4.68 Å². The van der Waals surface area contributed by atoms with E-state index in [-0.39, 0.29) is 16.6 Å². The van der Waals surface area contributed by atoms with E-state index in [2.05, 4.69) is 10.2 Å². The zero-order valence-electron chi connectivity index (χ0n) is 13.9. The summed E-state index contributed by atoms with van der Waals surface area (Å²) >= 11 is 7.57. The van der Waals surface area contributed by atoms with E-state index in [1.165, 1.54) is 16.4 Å². The van der Waals surface area contributed by atoms with Crippen LogP contribution in [0, 0.1) is 0 Å². The second kappa shape index (κ2) is 6.29. The van der Waals surface area contributed by atoms with Crippen LogP contribution in [0.15, 0.2) is 29.4 Å². The molecule has 1 aliphatic heterocycles. The molecule has 6 nitrogen and oxygen atoms in total. The second-order valence-corrected chi connectivity index (χ2v) is 8.34. The molecule has 0 bridgehead atoms. The highest BCUT2D eigenvalue weighted by molar-refractivity contribution is 8.00. The number of amides is 1. The number of carbonyl (C=O) groups is 1. The van der Waals surface area contributed by atoms with Crippen LogP contribution in [0.1, 0.15) is 33.0 Å². The fraction of sp³-hybridized carbons (Fsp3) is 0.438. The Morgan fingerprint density at radius 1 is 1.29 bits per heavy atom. The highest BCUT2D eigenvalue weighted by Gasteiger charge is 2.36. The van der Waals surface area contributed by atoms with Gasteiger partial charge in [-0.1, -0.05) is 56.3 Å². The number of rotatable bonds is 3. The topological polar surface area (TPSA) is 77.0 Å². The molecule has 0 radical (unpaired) electrons. The summed E-state index contributed by atoms with van der Waals surface area (Å²) in [6.45, 7) is 6.70. The van der Waals surface area contributed by atoms with Gasteiger partial charge in [-0.2, -0.15) is 0 Å². The highest BCUT2D eigenvalue weighted by atomic mass is 35.5. The predicted molar refractivity (Wildman–Crippen MR) is 96.9 cm³/mol. The Morgan fingerprint density at radius 3 is 2.62 bits per heavy atom. The zero-order chi connectivity index (χ0) is 17.5. The average Bonchev–Trinajstić information content (AvgIpc) is 3.05. The SMILES string of the molecule is CC(C)(C)c1nnc(SC2CCN(c3ccccc3Cl)C2=O)n1N. The van der Waals surface area contributed by atoms with E-state index < -0.39 is 0 Å². The molecule has 8 heteroatoms. The summed E-state index contributed by atoms with van der Waals surface area (Å²) in [5.41, 5.74) is 0.543. The maximum atomic E-state index is 12.7. The molecule has 1 unspecified atom stereocenters. The van der Waals surface area contributed by atoms with Gasteiger partial charge in [0.25, 0.3) is 0 Å². The van der Waals surface area contributed by atoms with Crippen molar-refractivity contribution in [1.29, 1.82) is 0 Å². The number of carbonyl (C=O) groups excluding carboxylic acids is 1. The first-order valence-electron chi connectivity index (χ1n) is 7.72. The van der Waals surface area contributed by atoms with Gasteiger partial charge in [0.15, 0.2) is 5.82 Å². The van der Waals surface area contributed by atoms with Crippen molar-refractivity contribution in [3.05, 3.63) is 35.1 Å². The Labute approximate surface area is 150 Å². The van der Waals surface area contributed by atoms with E-state index in [9.17, 15) is 4.79 Å². The van der Waals surface area contributed by atoms with Crippen LogP contribution < -0.4 is 10.7 Å². The van der Waals surface area contributed by atoms with Gasteiger partial charge in [-0.05, 0) is 18.6 Å². The van der Waals surface area contributed by atoms with E-state index in [1.807, 2.05) is 39.0 Å². The number of hydrogen-bond acceptors (Lipinski definition) is 5. The first kappa shape index (κ1) is 17.1. The van der Waals surface area contributed by atoms with E-state index in [0.29, 0.717) is 29.0 Å². The number of hydrogen-bond donors (Lipinski definition) is 1. The maximum absolute atomic E-state index is 12.7. The summed E-state index contributed by atoms with van der Waals surface area (Å²) in [6.07, 6.45) is 0.715. The van der Waals surface area contributed by atoms with E-state index in [0.717, 1.165) is 5.69 Å². The number of nitrogen functional groups attached to an aromatic ring is 1. The molecule has 1 atom stereocenters. The number of nitrogens with zero attached hydrogens (tertiary/aromatic N) is 4. The Bertz CT molecular complexity index is 770. The fourth-order valence-electron chi connectivity index (χ4n) is 2.67. The molecule has 1 amide bonds. The van der Waals surface area contributed by atoms with E-state index in [4.69, 9.17) is 17.4 Å². The summed E-state index contributed by atoms with van der Waals surface area (Å²) in [5.74, 6) is 6.82. The van der Waals surface area contributed by atoms with E-state index in [1.54, 1.807) is 11.0 Å². The smallest absolute Gasteiger partial charge is 0.240 e. The molecule has 3 rings (SSSR count). The van der Waals surface area contributed by atoms with Crippen LogP contribution >= 0.6 is 23.4 Å². The largest absolute Gasteiger partial charge is 0.336 e. The van der Waals surface area contributed by atoms with Gasteiger partial charge < -0.3 is 10.7 Å². The molecule has 0 aliphatic carbocycles. The predicted octanol–water partition coefficient (Wildman–Crippen LogP) is 2.84. The molecule has 128 valence electrons. The number of thioether (sulfide) groups is 1. The number of para-hydroxylation sites is 1. The molecular formula is C16H20ClN5OS. The summed E-state index contributed by atoms with van der Waals surface area (Å²) < 4.78 is 1.48. The molecule has 0 spiro atoms. The summed E-state index contributed by atoms with van der Waals surface area (Å²) in [7, 11) is 0. The lowest BCUT2D eigenvalue weighted by atomic mass is 9.96. The van der Waals surface area contributed by atoms with Crippen molar-refractivity contribution in [3.8, 4) is 0 Å². The van der Waals surface area contributed by atoms with Gasteiger partial charge in [-0.15, -0.1) is 10.2 Å².